The third kappa shape index (κ3) is 77.1. The molecule has 0 atom stereocenters. The fraction of sp³-hybridized carbons (Fsp3) is 0.600. The van der Waals surface area contributed by atoms with E-state index in [-0.39, 0.29) is 42.6 Å². The summed E-state index contributed by atoms with van der Waals surface area (Å²) >= 11 is 0.924. The van der Waals surface area contributed by atoms with Crippen LogP contribution >= 0.6 is 0 Å². The predicted molar refractivity (Wildman–Crippen MR) is 43.6 cm³/mol. The predicted octanol–water partition coefficient (Wildman–Crippen LogP) is -7.17. The summed E-state index contributed by atoms with van der Waals surface area (Å²) in [5.74, 6) is -2.19. The Morgan fingerprint density at radius 3 is 1.43 bits per heavy atom. The molecule has 0 saturated heterocycles. The number of aliphatic hydroxyl groups excluding tert-OH is 1. The van der Waals surface area contributed by atoms with Crippen molar-refractivity contribution >= 4 is 39.9 Å². The molecule has 0 aromatic rings. The van der Waals surface area contributed by atoms with E-state index in [1.807, 2.05) is 0 Å². The van der Waals surface area contributed by atoms with Crippen LogP contribution in [0.4, 0.5) is 0 Å². The Kier molecular flexibility index (Phi) is 40.7. The van der Waals surface area contributed by atoms with Crippen molar-refractivity contribution in [2.24, 2.45) is 11.5 Å². The van der Waals surface area contributed by atoms with Crippen molar-refractivity contribution in [2.45, 2.75) is 0 Å². The summed E-state index contributed by atoms with van der Waals surface area (Å²) in [6, 6.07) is 0. The smallest absolute Gasteiger partial charge is 1.00 e. The number of carboxylic acid groups (broad SMARTS) is 2. The van der Waals surface area contributed by atoms with Crippen LogP contribution in [0, 0.1) is 0 Å². The summed E-state index contributed by atoms with van der Waals surface area (Å²) in [6.07, 6.45) is 0. The number of carbonyl (C=O) groups is 2. The van der Waals surface area contributed by atoms with Crippen molar-refractivity contribution in [3.8, 4) is 0 Å². The Labute approximate surface area is 122 Å². The molecule has 6 N–H and O–H groups in total. The summed E-state index contributed by atoms with van der Waals surface area (Å²) < 4.78 is 0.389. The topological polar surface area (TPSA) is 150 Å². The molecule has 0 rings (SSSR count). The fourth-order valence-corrected chi connectivity index (χ4v) is 0. The average molecular weight is 226 g/mol. The fourth-order valence-electron chi connectivity index (χ4n) is 0. The van der Waals surface area contributed by atoms with Crippen LogP contribution in [0.3, 0.4) is 0 Å². The van der Waals surface area contributed by atoms with Gasteiger partial charge in [-0.25, -0.2) is 0 Å². The molecule has 0 fully saturated rings. The summed E-state index contributed by atoms with van der Waals surface area (Å²) in [7, 11) is 0. The van der Waals surface area contributed by atoms with Gasteiger partial charge in [0.05, 0.1) is 12.5 Å². The molecule has 0 bridgehead atoms. The molecule has 0 saturated carbocycles. The van der Waals surface area contributed by atoms with Crippen LogP contribution in [-0.4, -0.2) is 67.0 Å². The number of carbonyl (C=O) groups excluding carboxylic acids is 1. The summed E-state index contributed by atoms with van der Waals surface area (Å²) in [5, 5.41) is 24.4. The van der Waals surface area contributed by atoms with Crippen LogP contribution in [0.15, 0.2) is 0 Å². The monoisotopic (exact) mass is 226 g/mol. The Hall–Kier alpha value is 0.820. The number of aliphatic hydroxyl groups is 1. The van der Waals surface area contributed by atoms with Gasteiger partial charge in [-0.3, -0.25) is 4.79 Å². The molecule has 74 valence electrons. The summed E-state index contributed by atoms with van der Waals surface area (Å²) in [5.41, 5.74) is 9.08. The van der Waals surface area contributed by atoms with Crippen LogP contribution in [0.2, 0.25) is 0 Å². The Balaban J connectivity index is -0.0000000535. The molecular weight excluding hydrogens is 214 g/mol. The maximum atomic E-state index is 9.24. The van der Waals surface area contributed by atoms with Gasteiger partial charge in [0.1, 0.15) is 0 Å². The first-order valence-corrected chi connectivity index (χ1v) is 4.80. The van der Waals surface area contributed by atoms with E-state index in [0.717, 1.165) is 27.9 Å². The van der Waals surface area contributed by atoms with Crippen LogP contribution in [0.25, 0.3) is 0 Å². The zero-order valence-corrected chi connectivity index (χ0v) is 12.4. The molecule has 0 aliphatic heterocycles. The van der Waals surface area contributed by atoms with Crippen molar-refractivity contribution in [3.63, 3.8) is 0 Å². The van der Waals surface area contributed by atoms with Crippen molar-refractivity contribution in [1.82, 2.24) is 0 Å². The molecule has 14 heavy (non-hydrogen) atoms. The molecule has 7 nitrogen and oxygen atoms in total. The number of hydrogen-bond acceptors (Lipinski definition) is 6. The third-order valence-electron chi connectivity index (χ3n) is 0.341. The SMILES string of the molecule is NCC(=O)O.NCC(=O)[O-].O[CH2][Na].[Na+]. The van der Waals surface area contributed by atoms with Gasteiger partial charge in [0.15, 0.2) is 0 Å². The van der Waals surface area contributed by atoms with Gasteiger partial charge in [-0.15, -0.1) is 0 Å². The van der Waals surface area contributed by atoms with Gasteiger partial charge in [0.2, 0.25) is 0 Å². The second kappa shape index (κ2) is 23.6. The van der Waals surface area contributed by atoms with Crippen LogP contribution < -0.4 is 46.1 Å². The molecule has 0 aliphatic carbocycles. The largest absolute Gasteiger partial charge is 1.00 e. The van der Waals surface area contributed by atoms with Crippen molar-refractivity contribution < 1.29 is 54.5 Å². The van der Waals surface area contributed by atoms with Crippen LogP contribution in [0.5, 0.6) is 0 Å². The van der Waals surface area contributed by atoms with Crippen LogP contribution in [-0.2, 0) is 9.59 Å². The molecule has 0 spiro atoms. The molecule has 9 heteroatoms. The number of carboxylic acids is 2. The molecule has 0 heterocycles. The van der Waals surface area contributed by atoms with E-state index in [9.17, 15) is 4.79 Å². The Bertz CT molecular complexity index is 121. The van der Waals surface area contributed by atoms with E-state index >= 15 is 0 Å². The van der Waals surface area contributed by atoms with Gasteiger partial charge < -0.3 is 26.5 Å². The van der Waals surface area contributed by atoms with E-state index in [1.165, 1.54) is 0 Å². The molecule has 0 amide bonds. The molecule has 0 unspecified atom stereocenters. The van der Waals surface area contributed by atoms with Crippen molar-refractivity contribution in [2.75, 3.05) is 16.9 Å². The third-order valence-corrected chi connectivity index (χ3v) is 0.341. The first-order valence-electron chi connectivity index (χ1n) is 3.38. The number of hydrogen-bond donors (Lipinski definition) is 4. The Morgan fingerprint density at radius 1 is 1.29 bits per heavy atom. The maximum absolute atomic E-state index is 9.24. The summed E-state index contributed by atoms with van der Waals surface area (Å²) in [6.45, 7) is -0.667. The Morgan fingerprint density at radius 2 is 1.43 bits per heavy atom. The van der Waals surface area contributed by atoms with Gasteiger partial charge in [-0.1, -0.05) is 0 Å². The molecule has 0 aliphatic rings. The number of rotatable bonds is 2. The van der Waals surface area contributed by atoms with Gasteiger partial charge in [-0.05, 0) is 0 Å². The number of nitrogens with two attached hydrogens (primary N) is 2. The van der Waals surface area contributed by atoms with E-state index < -0.39 is 11.9 Å². The number of aliphatic carboxylic acids is 2. The average Bonchev–Trinajstić information content (AvgIpc) is 2.07. The standard InChI is InChI=1S/2C2H5NO2.CH3O.2Na/c2*3-1-2(4)5;1-2;;/h2*1,3H2,(H,4,5);2H,1H2;;/q;;;;+1/p-1. The first-order chi connectivity index (χ1) is 5.95. The van der Waals surface area contributed by atoms with E-state index in [0.29, 0.717) is 3.86 Å². The minimum Gasteiger partial charge on any atom is 1.00 e. The second-order valence-corrected chi connectivity index (χ2v) is 2.12. The van der Waals surface area contributed by atoms with Crippen LogP contribution in [0.1, 0.15) is 0 Å². The zero-order valence-electron chi connectivity index (χ0n) is 8.40. The van der Waals surface area contributed by atoms with Crippen molar-refractivity contribution in [3.05, 3.63) is 0 Å². The van der Waals surface area contributed by atoms with Gasteiger partial charge >= 0.3 is 72.4 Å². The molecule has 0 radical (unpaired) electrons. The maximum Gasteiger partial charge on any atom is 1.00 e. The van der Waals surface area contributed by atoms with Gasteiger partial charge in [-0.2, -0.15) is 0 Å². The quantitative estimate of drug-likeness (QED) is 0.341. The summed E-state index contributed by atoms with van der Waals surface area (Å²) in [4.78, 5) is 18.4. The zero-order chi connectivity index (χ0) is 11.3. The van der Waals surface area contributed by atoms with Gasteiger partial charge in [0.25, 0.3) is 0 Å². The van der Waals surface area contributed by atoms with Gasteiger partial charge in [0, 0.05) is 6.54 Å². The minimum atomic E-state index is -1.22. The minimum absolute atomic E-state index is 0. The van der Waals surface area contributed by atoms with E-state index in [1.54, 1.807) is 0 Å². The van der Waals surface area contributed by atoms with Crippen molar-refractivity contribution in [1.29, 1.82) is 0 Å². The molecule has 0 aromatic carbocycles. The first kappa shape index (κ1) is 24.2. The second-order valence-electron chi connectivity index (χ2n) is 1.49. The van der Waals surface area contributed by atoms with E-state index in [2.05, 4.69) is 11.5 Å². The molecule has 0 aromatic heterocycles. The molecular formula is C5H12N2Na2O5. The van der Waals surface area contributed by atoms with E-state index in [4.69, 9.17) is 20.1 Å². The normalized spacial score (nSPS) is 6.64.